The Bertz CT molecular complexity index is 947. The summed E-state index contributed by atoms with van der Waals surface area (Å²) in [7, 11) is 0. The van der Waals surface area contributed by atoms with Gasteiger partial charge in [0.25, 0.3) is 5.91 Å². The molecule has 0 aliphatic heterocycles. The van der Waals surface area contributed by atoms with Gasteiger partial charge in [-0.1, -0.05) is 6.07 Å². The highest BCUT2D eigenvalue weighted by Gasteiger charge is 2.51. The number of nitrogens with zero attached hydrogens (tertiary/aromatic N) is 2. The molecule has 2 heterocycles. The Balaban J connectivity index is 1.31. The molecule has 30 heavy (non-hydrogen) atoms. The first kappa shape index (κ1) is 19.5. The van der Waals surface area contributed by atoms with Gasteiger partial charge in [-0.3, -0.25) is 14.0 Å². The van der Waals surface area contributed by atoms with Crippen molar-refractivity contribution < 1.29 is 14.7 Å². The molecule has 7 nitrogen and oxygen atoms in total. The first-order chi connectivity index (χ1) is 14.4. The van der Waals surface area contributed by atoms with E-state index in [2.05, 4.69) is 15.6 Å². The second-order valence-corrected chi connectivity index (χ2v) is 9.96. The lowest BCUT2D eigenvalue weighted by Gasteiger charge is -2.56. The van der Waals surface area contributed by atoms with Gasteiger partial charge in [0, 0.05) is 18.7 Å². The fourth-order valence-electron chi connectivity index (χ4n) is 6.60. The van der Waals surface area contributed by atoms with Crippen molar-refractivity contribution in [3.05, 3.63) is 30.1 Å². The van der Waals surface area contributed by atoms with Gasteiger partial charge >= 0.3 is 0 Å². The molecule has 3 N–H and O–H groups in total. The molecule has 2 aromatic heterocycles. The fourth-order valence-corrected chi connectivity index (χ4v) is 6.60. The van der Waals surface area contributed by atoms with Crippen LogP contribution in [0.1, 0.15) is 62.4 Å². The third-order valence-corrected chi connectivity index (χ3v) is 7.34. The minimum atomic E-state index is -0.346. The van der Waals surface area contributed by atoms with Crippen LogP contribution < -0.4 is 10.6 Å². The van der Waals surface area contributed by atoms with Gasteiger partial charge in [-0.2, -0.15) is 0 Å². The smallest absolute Gasteiger partial charge is 0.271 e. The summed E-state index contributed by atoms with van der Waals surface area (Å²) < 4.78 is 1.75. The van der Waals surface area contributed by atoms with E-state index in [1.165, 1.54) is 38.5 Å². The van der Waals surface area contributed by atoms with Gasteiger partial charge in [-0.05, 0) is 80.8 Å². The molecular formula is C23H30N4O3. The van der Waals surface area contributed by atoms with Gasteiger partial charge in [0.2, 0.25) is 5.91 Å². The minimum Gasteiger partial charge on any atom is -0.394 e. The number of imidazole rings is 1. The third kappa shape index (κ3) is 3.60. The van der Waals surface area contributed by atoms with Gasteiger partial charge in [0.05, 0.1) is 6.61 Å². The highest BCUT2D eigenvalue weighted by atomic mass is 16.3. The number of hydrogen-bond donors (Lipinski definition) is 3. The first-order valence-corrected chi connectivity index (χ1v) is 11.1. The largest absolute Gasteiger partial charge is 0.394 e. The quantitative estimate of drug-likeness (QED) is 0.682. The Morgan fingerprint density at radius 1 is 1.20 bits per heavy atom. The average molecular weight is 411 g/mol. The number of aromatic nitrogens is 2. The van der Waals surface area contributed by atoms with Gasteiger partial charge in [-0.15, -0.1) is 0 Å². The SMILES string of the molecule is C[C@@H](CO)NC(=O)c1cn2c(NC(=O)CC34CC5CC(CC(C5)C3)C4)cccc2n1. The van der Waals surface area contributed by atoms with Gasteiger partial charge < -0.3 is 15.7 Å². The lowest BCUT2D eigenvalue weighted by Crippen LogP contribution is -2.47. The van der Waals surface area contributed by atoms with E-state index in [0.717, 1.165) is 17.8 Å². The van der Waals surface area contributed by atoms with Crippen molar-refractivity contribution in [3.63, 3.8) is 0 Å². The van der Waals surface area contributed by atoms with Crippen molar-refractivity contribution >= 4 is 23.3 Å². The van der Waals surface area contributed by atoms with Crippen LogP contribution in [0, 0.1) is 23.2 Å². The van der Waals surface area contributed by atoms with Crippen LogP contribution >= 0.6 is 0 Å². The molecule has 4 aliphatic carbocycles. The number of carbonyl (C=O) groups excluding carboxylic acids is 2. The predicted molar refractivity (Wildman–Crippen MR) is 113 cm³/mol. The summed E-state index contributed by atoms with van der Waals surface area (Å²) in [5, 5.41) is 14.9. The molecule has 1 atom stereocenters. The lowest BCUT2D eigenvalue weighted by atomic mass is 9.49. The number of rotatable bonds is 6. The minimum absolute atomic E-state index is 0.0538. The molecule has 6 rings (SSSR count). The van der Waals surface area contributed by atoms with Crippen molar-refractivity contribution in [3.8, 4) is 0 Å². The molecule has 4 bridgehead atoms. The lowest BCUT2D eigenvalue weighted by molar-refractivity contribution is -0.124. The number of amides is 2. The van der Waals surface area contributed by atoms with Crippen molar-refractivity contribution in [2.75, 3.05) is 11.9 Å². The molecule has 7 heteroatoms. The highest BCUT2D eigenvalue weighted by Crippen LogP contribution is 2.61. The van der Waals surface area contributed by atoms with Crippen molar-refractivity contribution in [1.82, 2.24) is 14.7 Å². The number of anilines is 1. The Labute approximate surface area is 176 Å². The second-order valence-electron chi connectivity index (χ2n) is 9.96. The molecular weight excluding hydrogens is 380 g/mol. The zero-order valence-electron chi connectivity index (χ0n) is 17.4. The summed E-state index contributed by atoms with van der Waals surface area (Å²) in [5.41, 5.74) is 1.05. The van der Waals surface area contributed by atoms with Gasteiger partial charge in [-0.25, -0.2) is 4.98 Å². The molecule has 0 radical (unpaired) electrons. The third-order valence-electron chi connectivity index (χ3n) is 7.34. The van der Waals surface area contributed by atoms with Crippen molar-refractivity contribution in [1.29, 1.82) is 0 Å². The van der Waals surface area contributed by atoms with Crippen LogP contribution in [-0.2, 0) is 4.79 Å². The van der Waals surface area contributed by atoms with E-state index in [1.807, 2.05) is 12.1 Å². The summed E-state index contributed by atoms with van der Waals surface area (Å²) in [6.45, 7) is 1.59. The molecule has 4 aliphatic rings. The molecule has 4 saturated carbocycles. The number of hydrogen-bond acceptors (Lipinski definition) is 4. The summed E-state index contributed by atoms with van der Waals surface area (Å²) in [6, 6.07) is 5.13. The fraction of sp³-hybridized carbons (Fsp3) is 0.609. The Kier molecular flexibility index (Phi) is 4.81. The number of fused-ring (bicyclic) bond motifs is 1. The zero-order chi connectivity index (χ0) is 20.9. The molecule has 0 spiro atoms. The monoisotopic (exact) mass is 410 g/mol. The molecule has 0 aromatic carbocycles. The number of nitrogens with one attached hydrogen (secondary N) is 2. The van der Waals surface area contributed by atoms with Crippen molar-refractivity contribution in [2.45, 2.75) is 57.9 Å². The summed E-state index contributed by atoms with van der Waals surface area (Å²) in [6.07, 6.45) is 9.94. The van der Waals surface area contributed by atoms with Gasteiger partial charge in [0.1, 0.15) is 17.2 Å². The van der Waals surface area contributed by atoms with Gasteiger partial charge in [0.15, 0.2) is 0 Å². The maximum atomic E-state index is 13.0. The van der Waals surface area contributed by atoms with Crippen LogP contribution in [0.5, 0.6) is 0 Å². The molecule has 2 aromatic rings. The van der Waals surface area contributed by atoms with Crippen LogP contribution in [0.2, 0.25) is 0 Å². The molecule has 2 amide bonds. The van der Waals surface area contributed by atoms with E-state index in [4.69, 9.17) is 5.11 Å². The number of aliphatic hydroxyl groups is 1. The summed E-state index contributed by atoms with van der Waals surface area (Å²) >= 11 is 0. The van der Waals surface area contributed by atoms with E-state index in [1.54, 1.807) is 23.6 Å². The summed E-state index contributed by atoms with van der Waals surface area (Å²) in [5.74, 6) is 2.81. The van der Waals surface area contributed by atoms with E-state index in [-0.39, 0.29) is 35.6 Å². The van der Waals surface area contributed by atoms with E-state index >= 15 is 0 Å². The maximum absolute atomic E-state index is 13.0. The highest BCUT2D eigenvalue weighted by molar-refractivity contribution is 5.94. The van der Waals surface area contributed by atoms with Crippen LogP contribution in [-0.4, -0.2) is 39.0 Å². The maximum Gasteiger partial charge on any atom is 0.271 e. The first-order valence-electron chi connectivity index (χ1n) is 11.1. The summed E-state index contributed by atoms with van der Waals surface area (Å²) in [4.78, 5) is 29.7. The average Bonchev–Trinajstić information content (AvgIpc) is 3.12. The standard InChI is InChI=1S/C23H30N4O3/c1-14(13-28)24-22(30)18-12-27-19(25-18)3-2-4-20(27)26-21(29)11-23-8-15-5-16(9-23)7-17(6-15)10-23/h2-4,12,14-17,28H,5-11,13H2,1H3,(H,24,30)(H,26,29)/t14-,15?,16?,17?,23?/m0/s1. The molecule has 160 valence electrons. The number of aliphatic hydroxyl groups excluding tert-OH is 1. The number of carbonyl (C=O) groups is 2. The van der Waals surface area contributed by atoms with E-state index < -0.39 is 0 Å². The second kappa shape index (κ2) is 7.38. The van der Waals surface area contributed by atoms with E-state index in [0.29, 0.717) is 17.9 Å². The molecule has 4 fully saturated rings. The zero-order valence-corrected chi connectivity index (χ0v) is 17.4. The predicted octanol–water partition coefficient (Wildman–Crippen LogP) is 2.99. The number of pyridine rings is 1. The Morgan fingerprint density at radius 3 is 2.50 bits per heavy atom. The van der Waals surface area contributed by atoms with Crippen LogP contribution in [0.25, 0.3) is 5.65 Å². The van der Waals surface area contributed by atoms with Crippen LogP contribution in [0.4, 0.5) is 5.82 Å². The van der Waals surface area contributed by atoms with Crippen molar-refractivity contribution in [2.24, 2.45) is 23.2 Å². The topological polar surface area (TPSA) is 95.7 Å². The van der Waals surface area contributed by atoms with Crippen LogP contribution in [0.15, 0.2) is 24.4 Å². The normalized spacial score (nSPS) is 30.4. The Morgan fingerprint density at radius 2 is 1.87 bits per heavy atom. The Hall–Kier alpha value is -2.41. The van der Waals surface area contributed by atoms with Crippen LogP contribution in [0.3, 0.4) is 0 Å². The molecule has 0 unspecified atom stereocenters. The molecule has 0 saturated heterocycles. The van der Waals surface area contributed by atoms with E-state index in [9.17, 15) is 9.59 Å².